The number of amides is 2. The zero-order chi connectivity index (χ0) is 22.8. The average Bonchev–Trinajstić information content (AvgIpc) is 2.72. The number of carboxylic acids is 1. The fourth-order valence-corrected chi connectivity index (χ4v) is 3.51. The lowest BCUT2D eigenvalue weighted by Gasteiger charge is -2.36. The van der Waals surface area contributed by atoms with Crippen LogP contribution in [0.1, 0.15) is 42.5 Å². The molecule has 0 saturated carbocycles. The number of hydrogen-bond donors (Lipinski definition) is 2. The second-order valence-electron chi connectivity index (χ2n) is 7.00. The summed E-state index contributed by atoms with van der Waals surface area (Å²) in [7, 11) is 0. The highest BCUT2D eigenvalue weighted by Crippen LogP contribution is 2.38. The summed E-state index contributed by atoms with van der Waals surface area (Å²) in [4.78, 5) is 25.2. The van der Waals surface area contributed by atoms with Crippen molar-refractivity contribution in [2.45, 2.75) is 32.0 Å². The summed E-state index contributed by atoms with van der Waals surface area (Å²) in [5, 5.41) is 20.9. The molecule has 0 aromatic heterocycles. The van der Waals surface area contributed by atoms with Gasteiger partial charge in [-0.15, -0.1) is 0 Å². The molecule has 1 heterocycles. The first-order valence-electron chi connectivity index (χ1n) is 9.31. The number of nitrogens with one attached hydrogen (secondary N) is 1. The Morgan fingerprint density at radius 3 is 2.48 bits per heavy atom. The van der Waals surface area contributed by atoms with Crippen LogP contribution < -0.4 is 10.2 Å². The van der Waals surface area contributed by atoms with Crippen molar-refractivity contribution in [3.05, 3.63) is 76.5 Å². The van der Waals surface area contributed by atoms with E-state index >= 15 is 0 Å². The molecule has 0 aliphatic carbocycles. The summed E-state index contributed by atoms with van der Waals surface area (Å²) >= 11 is 0. The van der Waals surface area contributed by atoms with Crippen LogP contribution >= 0.6 is 0 Å². The van der Waals surface area contributed by atoms with E-state index in [0.717, 1.165) is 17.0 Å². The molecule has 9 heteroatoms. The van der Waals surface area contributed by atoms with Gasteiger partial charge in [-0.1, -0.05) is 18.2 Å². The molecule has 2 aromatic rings. The van der Waals surface area contributed by atoms with Crippen LogP contribution in [-0.4, -0.2) is 17.1 Å². The highest BCUT2D eigenvalue weighted by atomic mass is 19.4. The van der Waals surface area contributed by atoms with Crippen LogP contribution in [0.4, 0.5) is 23.7 Å². The molecule has 1 aliphatic rings. The third-order valence-electron chi connectivity index (χ3n) is 5.03. The van der Waals surface area contributed by atoms with Gasteiger partial charge in [0.2, 0.25) is 0 Å². The van der Waals surface area contributed by atoms with Crippen molar-refractivity contribution in [1.29, 1.82) is 5.26 Å². The van der Waals surface area contributed by atoms with Crippen molar-refractivity contribution in [3.63, 3.8) is 0 Å². The fourth-order valence-electron chi connectivity index (χ4n) is 3.51. The van der Waals surface area contributed by atoms with Crippen LogP contribution in [0.2, 0.25) is 0 Å². The number of hydrogen-bond acceptors (Lipinski definition) is 3. The van der Waals surface area contributed by atoms with E-state index in [9.17, 15) is 22.8 Å². The molecule has 1 atom stereocenters. The first-order chi connectivity index (χ1) is 14.6. The number of rotatable bonds is 5. The van der Waals surface area contributed by atoms with Crippen molar-refractivity contribution in [2.24, 2.45) is 0 Å². The predicted octanol–water partition coefficient (Wildman–Crippen LogP) is 4.99. The van der Waals surface area contributed by atoms with E-state index in [1.54, 1.807) is 31.2 Å². The number of alkyl halides is 3. The molecular weight excluding hydrogens is 411 g/mol. The lowest BCUT2D eigenvalue weighted by Crippen LogP contribution is -2.46. The van der Waals surface area contributed by atoms with Crippen molar-refractivity contribution in [2.75, 3.05) is 4.90 Å². The Kier molecular flexibility index (Phi) is 6.02. The fraction of sp³-hybridized carbons (Fsp3) is 0.227. The smallest absolute Gasteiger partial charge is 0.416 e. The summed E-state index contributed by atoms with van der Waals surface area (Å²) in [5.74, 6) is -1.04. The highest BCUT2D eigenvalue weighted by Gasteiger charge is 2.35. The number of carbonyl (C=O) groups is 2. The minimum atomic E-state index is -4.57. The van der Waals surface area contributed by atoms with Crippen LogP contribution in [-0.2, 0) is 11.0 Å². The Hall–Kier alpha value is -3.80. The van der Waals surface area contributed by atoms with E-state index in [2.05, 4.69) is 5.32 Å². The lowest BCUT2D eigenvalue weighted by atomic mass is 9.91. The molecule has 3 rings (SSSR count). The standard InChI is InChI=1S/C22H18F3N3O3/c1-13-18(9-10-19(29)30)20(15-7-5-14(12-26)6-8-15)27-21(31)28(13)17-4-2-3-16(11-17)22(23,24)25/h2-8,11,20H,9-10H2,1H3,(H,27,31)(H,29,30)/t20-/m0/s1. The predicted molar refractivity (Wildman–Crippen MR) is 106 cm³/mol. The molecule has 160 valence electrons. The molecule has 31 heavy (non-hydrogen) atoms. The summed E-state index contributed by atoms with van der Waals surface area (Å²) in [6.45, 7) is 1.58. The summed E-state index contributed by atoms with van der Waals surface area (Å²) < 4.78 is 39.4. The van der Waals surface area contributed by atoms with Gasteiger partial charge in [0.25, 0.3) is 0 Å². The molecule has 2 aromatic carbocycles. The van der Waals surface area contributed by atoms with E-state index in [1.807, 2.05) is 6.07 Å². The first-order valence-corrected chi connectivity index (χ1v) is 9.31. The minimum Gasteiger partial charge on any atom is -0.481 e. The van der Waals surface area contributed by atoms with Crippen LogP contribution in [0.5, 0.6) is 0 Å². The molecule has 2 amide bonds. The van der Waals surface area contributed by atoms with Crippen molar-refractivity contribution in [1.82, 2.24) is 5.32 Å². The Bertz CT molecular complexity index is 1090. The molecule has 1 aliphatic heterocycles. The van der Waals surface area contributed by atoms with Gasteiger partial charge in [0.05, 0.1) is 28.9 Å². The number of halogens is 3. The van der Waals surface area contributed by atoms with Gasteiger partial charge in [0, 0.05) is 12.1 Å². The number of carboxylic acid groups (broad SMARTS) is 1. The number of benzene rings is 2. The molecule has 6 nitrogen and oxygen atoms in total. The first kappa shape index (κ1) is 21.9. The molecule has 0 radical (unpaired) electrons. The maximum Gasteiger partial charge on any atom is 0.416 e. The van der Waals surface area contributed by atoms with Crippen LogP contribution in [0.15, 0.2) is 59.8 Å². The van der Waals surface area contributed by atoms with Crippen LogP contribution in [0.25, 0.3) is 0 Å². The van der Waals surface area contributed by atoms with Crippen molar-refractivity contribution >= 4 is 17.7 Å². The summed E-state index contributed by atoms with van der Waals surface area (Å²) in [5.41, 5.74) is 1.10. The Balaban J connectivity index is 2.08. The Labute approximate surface area is 176 Å². The molecule has 0 spiro atoms. The normalized spacial score (nSPS) is 16.7. The number of aliphatic carboxylic acids is 1. The van der Waals surface area contributed by atoms with Crippen molar-refractivity contribution < 1.29 is 27.9 Å². The summed E-state index contributed by atoms with van der Waals surface area (Å²) in [6.07, 6.45) is -4.70. The average molecular weight is 429 g/mol. The number of anilines is 1. The zero-order valence-corrected chi connectivity index (χ0v) is 16.4. The van der Waals surface area contributed by atoms with Gasteiger partial charge >= 0.3 is 18.2 Å². The van der Waals surface area contributed by atoms with Gasteiger partial charge < -0.3 is 10.4 Å². The minimum absolute atomic E-state index is 0.0240. The third-order valence-corrected chi connectivity index (χ3v) is 5.03. The number of nitrogens with zero attached hydrogens (tertiary/aromatic N) is 2. The van der Waals surface area contributed by atoms with Gasteiger partial charge in [-0.25, -0.2) is 4.79 Å². The zero-order valence-electron chi connectivity index (χ0n) is 16.4. The second kappa shape index (κ2) is 8.52. The number of nitriles is 1. The maximum absolute atomic E-state index is 13.1. The molecule has 0 fully saturated rings. The number of urea groups is 1. The molecule has 2 N–H and O–H groups in total. The number of carbonyl (C=O) groups excluding carboxylic acids is 1. The van der Waals surface area contributed by atoms with Crippen LogP contribution in [0, 0.1) is 11.3 Å². The lowest BCUT2D eigenvalue weighted by molar-refractivity contribution is -0.138. The molecule has 0 unspecified atom stereocenters. The quantitative estimate of drug-likeness (QED) is 0.701. The van der Waals surface area contributed by atoms with Gasteiger partial charge in [0.15, 0.2) is 0 Å². The largest absolute Gasteiger partial charge is 0.481 e. The Morgan fingerprint density at radius 1 is 1.23 bits per heavy atom. The van der Waals surface area contributed by atoms with Gasteiger partial charge in [0.1, 0.15) is 0 Å². The second-order valence-corrected chi connectivity index (χ2v) is 7.00. The monoisotopic (exact) mass is 429 g/mol. The van der Waals surface area contributed by atoms with E-state index in [4.69, 9.17) is 10.4 Å². The van der Waals surface area contributed by atoms with Crippen LogP contribution in [0.3, 0.4) is 0 Å². The Morgan fingerprint density at radius 2 is 1.90 bits per heavy atom. The third kappa shape index (κ3) is 4.69. The summed E-state index contributed by atoms with van der Waals surface area (Å²) in [6, 6.07) is 11.5. The van der Waals surface area contributed by atoms with Gasteiger partial charge in [-0.05, 0) is 54.8 Å². The highest BCUT2D eigenvalue weighted by molar-refractivity contribution is 5.97. The van der Waals surface area contributed by atoms with E-state index < -0.39 is 29.8 Å². The molecule has 0 saturated heterocycles. The van der Waals surface area contributed by atoms with Crippen molar-refractivity contribution in [3.8, 4) is 6.07 Å². The van der Waals surface area contributed by atoms with Gasteiger partial charge in [-0.3, -0.25) is 9.69 Å². The van der Waals surface area contributed by atoms with E-state index in [1.165, 1.54) is 12.1 Å². The topological polar surface area (TPSA) is 93.4 Å². The molecule has 0 bridgehead atoms. The van der Waals surface area contributed by atoms with E-state index in [-0.39, 0.29) is 18.5 Å². The maximum atomic E-state index is 13.1. The van der Waals surface area contributed by atoms with E-state index in [0.29, 0.717) is 22.4 Å². The number of allylic oxidation sites excluding steroid dienone is 1. The SMILES string of the molecule is CC1=C(CCC(=O)O)[C@H](c2ccc(C#N)cc2)NC(=O)N1c1cccc(C(F)(F)F)c1. The van der Waals surface area contributed by atoms with Gasteiger partial charge in [-0.2, -0.15) is 18.4 Å². The molecular formula is C22H18F3N3O3.